The zero-order chi connectivity index (χ0) is 12.3. The van der Waals surface area contributed by atoms with Gasteiger partial charge in [0.05, 0.1) is 19.3 Å². The van der Waals surface area contributed by atoms with E-state index in [1.807, 2.05) is 4.90 Å². The summed E-state index contributed by atoms with van der Waals surface area (Å²) in [7, 11) is 0. The number of phenolic OH excluding ortho intramolecular Hbond substituents is 1. The molecule has 1 aromatic carbocycles. The van der Waals surface area contributed by atoms with Crippen molar-refractivity contribution in [3.05, 3.63) is 29.8 Å². The number of carbonyl (C=O) groups excluding carboxylic acids is 1. The van der Waals surface area contributed by atoms with E-state index in [-0.39, 0.29) is 17.7 Å². The molecule has 4 heteroatoms. The number of carbonyl (C=O) groups is 1. The number of hydrogen-bond donors (Lipinski definition) is 1. The van der Waals surface area contributed by atoms with E-state index in [2.05, 4.69) is 6.92 Å². The van der Waals surface area contributed by atoms with Crippen LogP contribution in [0.1, 0.15) is 23.7 Å². The number of benzene rings is 1. The lowest BCUT2D eigenvalue weighted by Crippen LogP contribution is -2.48. The summed E-state index contributed by atoms with van der Waals surface area (Å²) in [5.74, 6) is 0.190. The average Bonchev–Trinajstić information content (AvgIpc) is 2.39. The number of phenols is 1. The fraction of sp³-hybridized carbons (Fsp3) is 0.462. The van der Waals surface area contributed by atoms with Crippen molar-refractivity contribution in [2.24, 2.45) is 0 Å². The third kappa shape index (κ3) is 2.58. The van der Waals surface area contributed by atoms with Crippen LogP contribution < -0.4 is 0 Å². The molecule has 1 aliphatic heterocycles. The minimum absolute atomic E-state index is 0.0140. The van der Waals surface area contributed by atoms with Gasteiger partial charge in [0, 0.05) is 12.1 Å². The van der Waals surface area contributed by atoms with Gasteiger partial charge in [-0.3, -0.25) is 4.79 Å². The van der Waals surface area contributed by atoms with Gasteiger partial charge in [0.25, 0.3) is 5.91 Å². The second-order valence-electron chi connectivity index (χ2n) is 4.18. The number of aromatic hydroxyl groups is 1. The lowest BCUT2D eigenvalue weighted by molar-refractivity contribution is -0.00279. The minimum Gasteiger partial charge on any atom is -0.508 e. The highest BCUT2D eigenvalue weighted by molar-refractivity contribution is 5.94. The standard InChI is InChI=1S/C13H17NO3/c1-2-11-9-17-8-7-14(11)13(16)10-3-5-12(15)6-4-10/h3-6,11,15H,2,7-9H2,1H3. The quantitative estimate of drug-likeness (QED) is 0.847. The molecule has 1 amide bonds. The third-order valence-corrected chi connectivity index (χ3v) is 3.07. The van der Waals surface area contributed by atoms with Gasteiger partial charge in [-0.2, -0.15) is 0 Å². The van der Waals surface area contributed by atoms with Gasteiger partial charge in [-0.25, -0.2) is 0 Å². The Morgan fingerprint density at radius 2 is 2.18 bits per heavy atom. The summed E-state index contributed by atoms with van der Waals surface area (Å²) in [5, 5.41) is 9.20. The summed E-state index contributed by atoms with van der Waals surface area (Å²) in [6, 6.07) is 6.54. The van der Waals surface area contributed by atoms with Gasteiger partial charge in [0.1, 0.15) is 5.75 Å². The minimum atomic E-state index is 0.0140. The number of nitrogens with zero attached hydrogens (tertiary/aromatic N) is 1. The number of hydrogen-bond acceptors (Lipinski definition) is 3. The maximum absolute atomic E-state index is 12.3. The fourth-order valence-corrected chi connectivity index (χ4v) is 2.03. The molecule has 0 bridgehead atoms. The molecule has 0 spiro atoms. The summed E-state index contributed by atoms with van der Waals surface area (Å²) in [5.41, 5.74) is 0.614. The first kappa shape index (κ1) is 11.9. The molecule has 1 aromatic rings. The topological polar surface area (TPSA) is 49.8 Å². The van der Waals surface area contributed by atoms with Crippen molar-refractivity contribution in [1.29, 1.82) is 0 Å². The van der Waals surface area contributed by atoms with Crippen molar-refractivity contribution in [2.45, 2.75) is 19.4 Å². The average molecular weight is 235 g/mol. The highest BCUT2D eigenvalue weighted by atomic mass is 16.5. The van der Waals surface area contributed by atoms with Crippen LogP contribution in [0.3, 0.4) is 0 Å². The van der Waals surface area contributed by atoms with Crippen molar-refractivity contribution in [2.75, 3.05) is 19.8 Å². The lowest BCUT2D eigenvalue weighted by atomic mass is 10.1. The molecule has 0 aromatic heterocycles. The van der Waals surface area contributed by atoms with Crippen LogP contribution in [0.15, 0.2) is 24.3 Å². The van der Waals surface area contributed by atoms with Crippen LogP contribution >= 0.6 is 0 Å². The van der Waals surface area contributed by atoms with Crippen LogP contribution in [-0.4, -0.2) is 41.7 Å². The van der Waals surface area contributed by atoms with E-state index < -0.39 is 0 Å². The van der Waals surface area contributed by atoms with Crippen LogP contribution in [0.25, 0.3) is 0 Å². The Bertz CT molecular complexity index is 388. The first-order valence-electron chi connectivity index (χ1n) is 5.90. The maximum atomic E-state index is 12.3. The van der Waals surface area contributed by atoms with Crippen molar-refractivity contribution in [3.8, 4) is 5.75 Å². The largest absolute Gasteiger partial charge is 0.508 e. The second kappa shape index (κ2) is 5.19. The zero-order valence-corrected chi connectivity index (χ0v) is 9.93. The van der Waals surface area contributed by atoms with E-state index >= 15 is 0 Å². The predicted octanol–water partition coefficient (Wildman–Crippen LogP) is 1.64. The van der Waals surface area contributed by atoms with Crippen molar-refractivity contribution in [1.82, 2.24) is 4.90 Å². The van der Waals surface area contributed by atoms with Crippen LogP contribution in [0.2, 0.25) is 0 Å². The Labute approximate surface area is 101 Å². The predicted molar refractivity (Wildman–Crippen MR) is 64.0 cm³/mol. The van der Waals surface area contributed by atoms with Crippen molar-refractivity contribution < 1.29 is 14.6 Å². The van der Waals surface area contributed by atoms with E-state index in [1.165, 1.54) is 12.1 Å². The molecule has 2 rings (SSSR count). The summed E-state index contributed by atoms with van der Waals surface area (Å²) >= 11 is 0. The molecule has 1 saturated heterocycles. The molecule has 1 unspecified atom stereocenters. The molecule has 1 atom stereocenters. The summed E-state index contributed by atoms with van der Waals surface area (Å²) in [6.45, 7) is 3.90. The van der Waals surface area contributed by atoms with E-state index in [0.717, 1.165) is 6.42 Å². The van der Waals surface area contributed by atoms with Crippen LogP contribution in [0, 0.1) is 0 Å². The smallest absolute Gasteiger partial charge is 0.254 e. The van der Waals surface area contributed by atoms with Crippen molar-refractivity contribution >= 4 is 5.91 Å². The molecule has 1 aliphatic rings. The maximum Gasteiger partial charge on any atom is 0.254 e. The molecule has 4 nitrogen and oxygen atoms in total. The Balaban J connectivity index is 2.15. The summed E-state index contributed by atoms with van der Waals surface area (Å²) in [6.07, 6.45) is 0.893. The van der Waals surface area contributed by atoms with Gasteiger partial charge >= 0.3 is 0 Å². The highest BCUT2D eigenvalue weighted by Crippen LogP contribution is 2.16. The first-order chi connectivity index (χ1) is 8.22. The molecular formula is C13H17NO3. The zero-order valence-electron chi connectivity index (χ0n) is 9.93. The van der Waals surface area contributed by atoms with Gasteiger partial charge in [0.15, 0.2) is 0 Å². The molecule has 1 heterocycles. The van der Waals surface area contributed by atoms with E-state index in [1.54, 1.807) is 12.1 Å². The normalized spacial score (nSPS) is 20.3. The van der Waals surface area contributed by atoms with E-state index in [0.29, 0.717) is 25.3 Å². The van der Waals surface area contributed by atoms with Gasteiger partial charge in [-0.15, -0.1) is 0 Å². The van der Waals surface area contributed by atoms with Crippen molar-refractivity contribution in [3.63, 3.8) is 0 Å². The first-order valence-corrected chi connectivity index (χ1v) is 5.90. The Hall–Kier alpha value is -1.55. The van der Waals surface area contributed by atoms with Gasteiger partial charge in [-0.05, 0) is 30.7 Å². The highest BCUT2D eigenvalue weighted by Gasteiger charge is 2.26. The number of rotatable bonds is 2. The number of amides is 1. The Morgan fingerprint density at radius 3 is 2.82 bits per heavy atom. The molecule has 1 fully saturated rings. The lowest BCUT2D eigenvalue weighted by Gasteiger charge is -2.35. The molecule has 1 N–H and O–H groups in total. The Kier molecular flexibility index (Phi) is 3.64. The summed E-state index contributed by atoms with van der Waals surface area (Å²) < 4.78 is 5.37. The second-order valence-corrected chi connectivity index (χ2v) is 4.18. The Morgan fingerprint density at radius 1 is 1.47 bits per heavy atom. The van der Waals surface area contributed by atoms with Crippen LogP contribution in [0.5, 0.6) is 5.75 Å². The van der Waals surface area contributed by atoms with Crippen LogP contribution in [0.4, 0.5) is 0 Å². The number of morpholine rings is 1. The molecule has 0 aliphatic carbocycles. The monoisotopic (exact) mass is 235 g/mol. The molecule has 92 valence electrons. The van der Waals surface area contributed by atoms with Gasteiger partial charge in [0.2, 0.25) is 0 Å². The SMILES string of the molecule is CCC1COCCN1C(=O)c1ccc(O)cc1. The molecule has 0 radical (unpaired) electrons. The van der Waals surface area contributed by atoms with Gasteiger partial charge < -0.3 is 14.7 Å². The summed E-state index contributed by atoms with van der Waals surface area (Å²) in [4.78, 5) is 14.1. The van der Waals surface area contributed by atoms with E-state index in [9.17, 15) is 9.90 Å². The molecular weight excluding hydrogens is 218 g/mol. The fourth-order valence-electron chi connectivity index (χ4n) is 2.03. The number of ether oxygens (including phenoxy) is 1. The molecule has 17 heavy (non-hydrogen) atoms. The van der Waals surface area contributed by atoms with E-state index in [4.69, 9.17) is 4.74 Å². The van der Waals surface area contributed by atoms with Crippen LogP contribution in [-0.2, 0) is 4.74 Å². The molecule has 0 saturated carbocycles. The van der Waals surface area contributed by atoms with Gasteiger partial charge in [-0.1, -0.05) is 6.92 Å². The third-order valence-electron chi connectivity index (χ3n) is 3.07.